The van der Waals surface area contributed by atoms with Crippen molar-refractivity contribution < 1.29 is 28.6 Å². The lowest BCUT2D eigenvalue weighted by atomic mass is 9.85. The monoisotopic (exact) mass is 489 g/mol. The highest BCUT2D eigenvalue weighted by atomic mass is 16.5. The first-order valence-corrected chi connectivity index (χ1v) is 11.7. The van der Waals surface area contributed by atoms with Crippen molar-refractivity contribution in [1.82, 2.24) is 5.01 Å². The minimum absolute atomic E-state index is 0.122. The molecule has 1 saturated heterocycles. The van der Waals surface area contributed by atoms with Crippen molar-refractivity contribution in [3.63, 3.8) is 0 Å². The Labute approximate surface area is 208 Å². The van der Waals surface area contributed by atoms with Gasteiger partial charge in [0.05, 0.1) is 32.3 Å². The lowest BCUT2D eigenvalue weighted by molar-refractivity contribution is -0.140. The van der Waals surface area contributed by atoms with Crippen molar-refractivity contribution in [3.05, 3.63) is 59.7 Å². The molecule has 1 aliphatic heterocycles. The Hall–Kier alpha value is -4.14. The summed E-state index contributed by atoms with van der Waals surface area (Å²) in [6, 6.07) is 10.7. The van der Waals surface area contributed by atoms with Crippen LogP contribution in [0.1, 0.15) is 17.5 Å². The third-order valence-corrected chi connectivity index (χ3v) is 6.94. The average Bonchev–Trinajstić information content (AvgIpc) is 3.56. The van der Waals surface area contributed by atoms with Gasteiger partial charge in [-0.1, -0.05) is 29.8 Å². The number of aryl methyl sites for hydroxylation is 1. The van der Waals surface area contributed by atoms with Crippen LogP contribution in [0.15, 0.2) is 53.7 Å². The van der Waals surface area contributed by atoms with Crippen LogP contribution in [0.3, 0.4) is 0 Å². The van der Waals surface area contributed by atoms with Crippen LogP contribution in [0, 0.1) is 30.6 Å². The van der Waals surface area contributed by atoms with Gasteiger partial charge in [0.2, 0.25) is 5.75 Å². The quantitative estimate of drug-likeness (QED) is 0.347. The molecule has 5 rings (SSSR count). The van der Waals surface area contributed by atoms with Crippen LogP contribution in [0.4, 0.5) is 5.69 Å². The maximum atomic E-state index is 12.9. The highest BCUT2D eigenvalue weighted by Gasteiger charge is 2.59. The number of hydrogen-bond donors (Lipinski definition) is 1. The zero-order valence-electron chi connectivity index (χ0n) is 20.3. The molecular weight excluding hydrogens is 462 g/mol. The topological polar surface area (TPSA) is 107 Å². The number of rotatable bonds is 8. The minimum atomic E-state index is -0.339. The largest absolute Gasteiger partial charge is 0.493 e. The van der Waals surface area contributed by atoms with Gasteiger partial charge in [0.15, 0.2) is 18.1 Å². The predicted octanol–water partition coefficient (Wildman–Crippen LogP) is 3.17. The van der Waals surface area contributed by atoms with E-state index in [9.17, 15) is 14.4 Å². The molecule has 0 aromatic heterocycles. The summed E-state index contributed by atoms with van der Waals surface area (Å²) in [6.07, 6.45) is 6.37. The Morgan fingerprint density at radius 1 is 1.03 bits per heavy atom. The lowest BCUT2D eigenvalue weighted by Crippen LogP contribution is -2.28. The van der Waals surface area contributed by atoms with Gasteiger partial charge in [0, 0.05) is 11.3 Å². The van der Waals surface area contributed by atoms with Gasteiger partial charge < -0.3 is 19.5 Å². The van der Waals surface area contributed by atoms with E-state index in [-0.39, 0.29) is 53.7 Å². The fourth-order valence-corrected chi connectivity index (χ4v) is 5.21. The van der Waals surface area contributed by atoms with E-state index in [1.807, 2.05) is 43.3 Å². The number of carbonyl (C=O) groups is 3. The molecule has 0 radical (unpaired) electrons. The van der Waals surface area contributed by atoms with Crippen molar-refractivity contribution in [1.29, 1.82) is 0 Å². The maximum absolute atomic E-state index is 12.9. The standard InChI is InChI=1S/C27H27N3O6/c1-15-4-8-19(9-5-15)29-22(31)14-36-25-20(34-2)10-16(11-21(25)35-3)13-28-30-26(32)23-17-6-7-18(12-17)24(23)27(30)33/h4-11,13,17-18,23-24H,12,14H2,1-3H3,(H,29,31). The molecule has 0 spiro atoms. The van der Waals surface area contributed by atoms with Crippen LogP contribution < -0.4 is 19.5 Å². The molecule has 1 N–H and O–H groups in total. The molecule has 2 aromatic rings. The van der Waals surface area contributed by atoms with Crippen molar-refractivity contribution in [2.75, 3.05) is 26.1 Å². The molecule has 9 nitrogen and oxygen atoms in total. The SMILES string of the molecule is COc1cc(C=NN2C(=O)C3C4C=CC(C4)C3C2=O)cc(OC)c1OCC(=O)Nc1ccc(C)cc1. The highest BCUT2D eigenvalue weighted by molar-refractivity contribution is 6.06. The number of carbonyl (C=O) groups excluding carboxylic acids is 3. The molecule has 2 aliphatic carbocycles. The van der Waals surface area contributed by atoms with Gasteiger partial charge in [0.1, 0.15) is 0 Å². The molecule has 1 heterocycles. The van der Waals surface area contributed by atoms with Crippen molar-refractivity contribution in [3.8, 4) is 17.2 Å². The summed E-state index contributed by atoms with van der Waals surface area (Å²) in [5, 5.41) is 7.97. The second kappa shape index (κ2) is 9.49. The van der Waals surface area contributed by atoms with Gasteiger partial charge in [-0.15, -0.1) is 0 Å². The van der Waals surface area contributed by atoms with Crippen LogP contribution in [-0.2, 0) is 14.4 Å². The molecule has 4 unspecified atom stereocenters. The molecule has 186 valence electrons. The van der Waals surface area contributed by atoms with E-state index in [1.54, 1.807) is 12.1 Å². The van der Waals surface area contributed by atoms with E-state index in [2.05, 4.69) is 10.4 Å². The molecule has 2 fully saturated rings. The van der Waals surface area contributed by atoms with Crippen LogP contribution in [0.25, 0.3) is 0 Å². The van der Waals surface area contributed by atoms with E-state index in [1.165, 1.54) is 20.4 Å². The molecule has 2 bridgehead atoms. The second-order valence-electron chi connectivity index (χ2n) is 9.19. The molecule has 1 saturated carbocycles. The van der Waals surface area contributed by atoms with Crippen molar-refractivity contribution >= 4 is 29.6 Å². The third-order valence-electron chi connectivity index (χ3n) is 6.94. The number of anilines is 1. The summed E-state index contributed by atoms with van der Waals surface area (Å²) in [6.45, 7) is 1.71. The fourth-order valence-electron chi connectivity index (χ4n) is 5.21. The number of benzene rings is 2. The first kappa shape index (κ1) is 23.6. The van der Waals surface area contributed by atoms with E-state index < -0.39 is 0 Å². The third kappa shape index (κ3) is 4.21. The predicted molar refractivity (Wildman–Crippen MR) is 132 cm³/mol. The number of nitrogens with zero attached hydrogens (tertiary/aromatic N) is 2. The summed E-state index contributed by atoms with van der Waals surface area (Å²) in [5.41, 5.74) is 2.30. The van der Waals surface area contributed by atoms with E-state index in [0.29, 0.717) is 22.7 Å². The smallest absolute Gasteiger partial charge is 0.262 e. The first-order chi connectivity index (χ1) is 17.4. The fraction of sp³-hybridized carbons (Fsp3) is 0.333. The normalized spacial score (nSPS) is 23.9. The van der Waals surface area contributed by atoms with Crippen LogP contribution in [0.2, 0.25) is 0 Å². The molecule has 2 aromatic carbocycles. The zero-order chi connectivity index (χ0) is 25.4. The number of ether oxygens (including phenoxy) is 3. The number of fused-ring (bicyclic) bond motifs is 5. The molecule has 3 aliphatic rings. The number of hydrazone groups is 1. The second-order valence-corrected chi connectivity index (χ2v) is 9.19. The lowest BCUT2D eigenvalue weighted by Gasteiger charge is -2.15. The number of imide groups is 1. The van der Waals surface area contributed by atoms with E-state index in [0.717, 1.165) is 17.0 Å². The van der Waals surface area contributed by atoms with Crippen molar-refractivity contribution in [2.45, 2.75) is 13.3 Å². The summed E-state index contributed by atoms with van der Waals surface area (Å²) in [5.74, 6) is -0.336. The Morgan fingerprint density at radius 2 is 1.61 bits per heavy atom. The Morgan fingerprint density at radius 3 is 2.17 bits per heavy atom. The van der Waals surface area contributed by atoms with Crippen LogP contribution in [-0.4, -0.2) is 49.8 Å². The zero-order valence-corrected chi connectivity index (χ0v) is 20.3. The highest BCUT2D eigenvalue weighted by Crippen LogP contribution is 2.52. The van der Waals surface area contributed by atoms with Gasteiger partial charge >= 0.3 is 0 Å². The number of hydrogen-bond acceptors (Lipinski definition) is 7. The van der Waals surface area contributed by atoms with Gasteiger partial charge in [-0.05, 0) is 49.4 Å². The number of methoxy groups -OCH3 is 2. The first-order valence-electron chi connectivity index (χ1n) is 11.7. The molecule has 4 atom stereocenters. The van der Waals surface area contributed by atoms with Gasteiger partial charge in [-0.2, -0.15) is 10.1 Å². The van der Waals surface area contributed by atoms with Gasteiger partial charge in [0.25, 0.3) is 17.7 Å². The average molecular weight is 490 g/mol. The Kier molecular flexibility index (Phi) is 6.22. The molecule has 9 heteroatoms. The maximum Gasteiger partial charge on any atom is 0.262 e. The number of amides is 3. The van der Waals surface area contributed by atoms with Crippen molar-refractivity contribution in [2.24, 2.45) is 28.8 Å². The van der Waals surface area contributed by atoms with Crippen LogP contribution >= 0.6 is 0 Å². The number of allylic oxidation sites excluding steroid dienone is 2. The summed E-state index contributed by atoms with van der Waals surface area (Å²) in [4.78, 5) is 38.1. The molecule has 36 heavy (non-hydrogen) atoms. The van der Waals surface area contributed by atoms with Gasteiger partial charge in [-0.3, -0.25) is 14.4 Å². The van der Waals surface area contributed by atoms with E-state index >= 15 is 0 Å². The summed E-state index contributed by atoms with van der Waals surface area (Å²) in [7, 11) is 2.93. The Balaban J connectivity index is 1.29. The molecule has 3 amide bonds. The van der Waals surface area contributed by atoms with Gasteiger partial charge in [-0.25, -0.2) is 0 Å². The molecular formula is C27H27N3O6. The summed E-state index contributed by atoms with van der Waals surface area (Å²) >= 11 is 0. The Bertz CT molecular complexity index is 1210. The minimum Gasteiger partial charge on any atom is -0.493 e. The summed E-state index contributed by atoms with van der Waals surface area (Å²) < 4.78 is 16.6. The van der Waals surface area contributed by atoms with E-state index in [4.69, 9.17) is 14.2 Å². The van der Waals surface area contributed by atoms with Crippen LogP contribution in [0.5, 0.6) is 17.2 Å². The number of nitrogens with one attached hydrogen (secondary N) is 1.